The molecular weight excluding hydrogens is 214 g/mol. The van der Waals surface area contributed by atoms with Crippen molar-refractivity contribution in [2.75, 3.05) is 24.2 Å². The summed E-state index contributed by atoms with van der Waals surface area (Å²) in [5.41, 5.74) is 7.37. The zero-order valence-electron chi connectivity index (χ0n) is 10.1. The van der Waals surface area contributed by atoms with E-state index in [2.05, 4.69) is 4.98 Å². The topological polar surface area (TPSA) is 62.4 Å². The number of aliphatic hydroxyl groups excluding tert-OH is 1. The molecule has 0 spiro atoms. The van der Waals surface area contributed by atoms with Gasteiger partial charge in [-0.1, -0.05) is 0 Å². The maximum absolute atomic E-state index is 9.35. The lowest BCUT2D eigenvalue weighted by Crippen LogP contribution is -2.27. The van der Waals surface area contributed by atoms with Gasteiger partial charge in [0.15, 0.2) is 0 Å². The highest BCUT2D eigenvalue weighted by Crippen LogP contribution is 2.19. The van der Waals surface area contributed by atoms with Gasteiger partial charge in [0.25, 0.3) is 0 Å². The summed E-state index contributed by atoms with van der Waals surface area (Å²) in [6, 6.07) is 9.58. The predicted octanol–water partition coefficient (Wildman–Crippen LogP) is 1.63. The van der Waals surface area contributed by atoms with Crippen LogP contribution in [-0.2, 0) is 0 Å². The Morgan fingerprint density at radius 1 is 1.35 bits per heavy atom. The molecule has 17 heavy (non-hydrogen) atoms. The van der Waals surface area contributed by atoms with Crippen LogP contribution in [0.1, 0.15) is 6.92 Å². The third-order valence-electron chi connectivity index (χ3n) is 2.63. The van der Waals surface area contributed by atoms with Crippen molar-refractivity contribution in [2.24, 2.45) is 0 Å². The van der Waals surface area contributed by atoms with E-state index < -0.39 is 0 Å². The van der Waals surface area contributed by atoms with E-state index in [4.69, 9.17) is 5.73 Å². The van der Waals surface area contributed by atoms with E-state index in [1.165, 1.54) is 0 Å². The van der Waals surface area contributed by atoms with Crippen LogP contribution in [0.15, 0.2) is 30.3 Å². The average Bonchev–Trinajstić information content (AvgIpc) is 2.27. The van der Waals surface area contributed by atoms with E-state index in [0.29, 0.717) is 6.54 Å². The van der Waals surface area contributed by atoms with Crippen LogP contribution in [0, 0.1) is 0 Å². The van der Waals surface area contributed by atoms with Crippen LogP contribution in [0.3, 0.4) is 0 Å². The number of hydrogen-bond acceptors (Lipinski definition) is 4. The molecule has 0 fully saturated rings. The minimum absolute atomic E-state index is 0.371. The summed E-state index contributed by atoms with van der Waals surface area (Å²) in [6.45, 7) is 2.33. The second-order valence-electron chi connectivity index (χ2n) is 4.35. The van der Waals surface area contributed by atoms with E-state index >= 15 is 0 Å². The number of hydrogen-bond donors (Lipinski definition) is 2. The molecule has 1 aromatic heterocycles. The second-order valence-corrected chi connectivity index (χ2v) is 4.35. The lowest BCUT2D eigenvalue weighted by atomic mass is 10.2. The van der Waals surface area contributed by atoms with Crippen molar-refractivity contribution in [2.45, 2.75) is 13.0 Å². The summed E-state index contributed by atoms with van der Waals surface area (Å²) in [7, 11) is 1.91. The van der Waals surface area contributed by atoms with Crippen molar-refractivity contribution >= 4 is 22.4 Å². The Labute approximate surface area is 101 Å². The Hall–Kier alpha value is -1.81. The van der Waals surface area contributed by atoms with E-state index in [1.807, 2.05) is 42.3 Å². The molecule has 0 aliphatic heterocycles. The minimum Gasteiger partial charge on any atom is -0.399 e. The highest BCUT2D eigenvalue weighted by molar-refractivity contribution is 5.83. The van der Waals surface area contributed by atoms with Gasteiger partial charge >= 0.3 is 0 Å². The van der Waals surface area contributed by atoms with E-state index in [1.54, 1.807) is 6.92 Å². The molecule has 0 amide bonds. The highest BCUT2D eigenvalue weighted by Gasteiger charge is 2.06. The zero-order valence-corrected chi connectivity index (χ0v) is 10.1. The molecule has 1 unspecified atom stereocenters. The van der Waals surface area contributed by atoms with Gasteiger partial charge in [-0.3, -0.25) is 0 Å². The van der Waals surface area contributed by atoms with Crippen molar-refractivity contribution in [1.82, 2.24) is 4.98 Å². The number of aromatic nitrogens is 1. The molecule has 0 bridgehead atoms. The lowest BCUT2D eigenvalue weighted by molar-refractivity contribution is 0.201. The fraction of sp³-hybridized carbons (Fsp3) is 0.308. The van der Waals surface area contributed by atoms with Gasteiger partial charge in [0, 0.05) is 24.7 Å². The summed E-state index contributed by atoms with van der Waals surface area (Å²) < 4.78 is 0. The zero-order chi connectivity index (χ0) is 12.4. The molecule has 0 saturated heterocycles. The van der Waals surface area contributed by atoms with Crippen LogP contribution in [0.4, 0.5) is 11.5 Å². The Balaban J connectivity index is 2.34. The number of fused-ring (bicyclic) bond motifs is 1. The Kier molecular flexibility index (Phi) is 3.15. The molecule has 0 aliphatic rings. The van der Waals surface area contributed by atoms with Gasteiger partial charge in [-0.05, 0) is 37.3 Å². The van der Waals surface area contributed by atoms with Gasteiger partial charge in [0.1, 0.15) is 5.82 Å². The number of likely N-dealkylation sites (N-methyl/N-ethyl adjacent to an activating group) is 1. The fourth-order valence-electron chi connectivity index (χ4n) is 1.84. The first-order valence-corrected chi connectivity index (χ1v) is 5.62. The third kappa shape index (κ3) is 2.65. The number of nitrogens with two attached hydrogens (primary N) is 1. The number of benzene rings is 1. The Bertz CT molecular complexity index is 525. The van der Waals surface area contributed by atoms with Crippen molar-refractivity contribution < 1.29 is 5.11 Å². The SMILES string of the molecule is CC(O)CN(C)c1ccc2cc(N)ccc2n1. The van der Waals surface area contributed by atoms with Crippen LogP contribution in [0.2, 0.25) is 0 Å². The monoisotopic (exact) mass is 231 g/mol. The third-order valence-corrected chi connectivity index (χ3v) is 2.63. The van der Waals surface area contributed by atoms with E-state index in [9.17, 15) is 5.11 Å². The molecule has 4 nitrogen and oxygen atoms in total. The summed E-state index contributed by atoms with van der Waals surface area (Å²) in [6.07, 6.45) is -0.371. The standard InChI is InChI=1S/C13H17N3O/c1-9(17)8-16(2)13-6-3-10-7-11(14)4-5-12(10)15-13/h3-7,9,17H,8,14H2,1-2H3. The first-order valence-electron chi connectivity index (χ1n) is 5.62. The molecule has 2 rings (SSSR count). The summed E-state index contributed by atoms with van der Waals surface area (Å²) >= 11 is 0. The van der Waals surface area contributed by atoms with Gasteiger partial charge in [-0.15, -0.1) is 0 Å². The number of anilines is 2. The quantitative estimate of drug-likeness (QED) is 0.788. The Morgan fingerprint density at radius 2 is 2.12 bits per heavy atom. The molecule has 1 aromatic carbocycles. The van der Waals surface area contributed by atoms with Gasteiger partial charge < -0.3 is 15.7 Å². The van der Waals surface area contributed by atoms with Crippen LogP contribution >= 0.6 is 0 Å². The molecule has 0 radical (unpaired) electrons. The minimum atomic E-state index is -0.371. The van der Waals surface area contributed by atoms with Crippen molar-refractivity contribution in [3.05, 3.63) is 30.3 Å². The number of rotatable bonds is 3. The number of pyridine rings is 1. The molecule has 0 aliphatic carbocycles. The fourth-order valence-corrected chi connectivity index (χ4v) is 1.84. The molecule has 1 heterocycles. The second kappa shape index (κ2) is 4.59. The highest BCUT2D eigenvalue weighted by atomic mass is 16.3. The van der Waals surface area contributed by atoms with Crippen LogP contribution in [0.25, 0.3) is 10.9 Å². The number of nitrogen functional groups attached to an aromatic ring is 1. The normalized spacial score (nSPS) is 12.6. The number of nitrogens with zero attached hydrogens (tertiary/aromatic N) is 2. The van der Waals surface area contributed by atoms with Gasteiger partial charge in [-0.25, -0.2) is 4.98 Å². The maximum atomic E-state index is 9.35. The molecule has 2 aromatic rings. The molecule has 1 atom stereocenters. The van der Waals surface area contributed by atoms with Gasteiger partial charge in [-0.2, -0.15) is 0 Å². The van der Waals surface area contributed by atoms with E-state index in [-0.39, 0.29) is 6.10 Å². The van der Waals surface area contributed by atoms with Crippen molar-refractivity contribution in [1.29, 1.82) is 0 Å². The predicted molar refractivity (Wildman–Crippen MR) is 71.1 cm³/mol. The Morgan fingerprint density at radius 3 is 2.82 bits per heavy atom. The first-order chi connectivity index (χ1) is 8.06. The van der Waals surface area contributed by atoms with Crippen LogP contribution in [-0.4, -0.2) is 29.8 Å². The van der Waals surface area contributed by atoms with Crippen LogP contribution < -0.4 is 10.6 Å². The summed E-state index contributed by atoms with van der Waals surface area (Å²) in [4.78, 5) is 6.46. The van der Waals surface area contributed by atoms with Gasteiger partial charge in [0.05, 0.1) is 11.6 Å². The lowest BCUT2D eigenvalue weighted by Gasteiger charge is -2.20. The molecular formula is C13H17N3O. The smallest absolute Gasteiger partial charge is 0.129 e. The van der Waals surface area contributed by atoms with Crippen molar-refractivity contribution in [3.8, 4) is 0 Å². The molecule has 4 heteroatoms. The summed E-state index contributed by atoms with van der Waals surface area (Å²) in [5.74, 6) is 0.850. The number of aliphatic hydroxyl groups is 1. The largest absolute Gasteiger partial charge is 0.399 e. The first kappa shape index (κ1) is 11.7. The summed E-state index contributed by atoms with van der Waals surface area (Å²) in [5, 5.41) is 10.4. The van der Waals surface area contributed by atoms with Crippen LogP contribution in [0.5, 0.6) is 0 Å². The molecule has 3 N–H and O–H groups in total. The average molecular weight is 231 g/mol. The van der Waals surface area contributed by atoms with Crippen molar-refractivity contribution in [3.63, 3.8) is 0 Å². The molecule has 90 valence electrons. The molecule has 0 saturated carbocycles. The van der Waals surface area contributed by atoms with Gasteiger partial charge in [0.2, 0.25) is 0 Å². The van der Waals surface area contributed by atoms with E-state index in [0.717, 1.165) is 22.4 Å². The maximum Gasteiger partial charge on any atom is 0.129 e.